The fraction of sp³-hybridized carbons (Fsp3) is 0.571. The molecule has 0 aliphatic carbocycles. The highest BCUT2D eigenvalue weighted by atomic mass is 19.4. The smallest absolute Gasteiger partial charge is 0.399 e. The summed E-state index contributed by atoms with van der Waals surface area (Å²) < 4.78 is 38.7. The minimum atomic E-state index is -4.39. The summed E-state index contributed by atoms with van der Waals surface area (Å²) >= 11 is 0. The minimum absolute atomic E-state index is 0.0104. The molecule has 0 radical (unpaired) electrons. The van der Waals surface area contributed by atoms with Crippen molar-refractivity contribution in [2.45, 2.75) is 51.7 Å². The summed E-state index contributed by atoms with van der Waals surface area (Å²) in [6.07, 6.45) is -0.320. The zero-order valence-electron chi connectivity index (χ0n) is 11.3. The SMILES string of the molecule is CCCCCC(C)Nc1ccc(N)cc1C(F)(F)F. The van der Waals surface area contributed by atoms with Crippen LogP contribution in [0.2, 0.25) is 0 Å². The van der Waals surface area contributed by atoms with Gasteiger partial charge in [0.2, 0.25) is 0 Å². The number of rotatable bonds is 6. The van der Waals surface area contributed by atoms with Crippen molar-refractivity contribution in [3.63, 3.8) is 0 Å². The average Bonchev–Trinajstić information content (AvgIpc) is 2.30. The van der Waals surface area contributed by atoms with Gasteiger partial charge in [-0.3, -0.25) is 0 Å². The molecule has 0 amide bonds. The number of halogens is 3. The maximum atomic E-state index is 12.9. The van der Waals surface area contributed by atoms with Crippen LogP contribution < -0.4 is 11.1 Å². The van der Waals surface area contributed by atoms with Gasteiger partial charge in [0.05, 0.1) is 5.56 Å². The first kappa shape index (κ1) is 15.7. The first-order valence-electron chi connectivity index (χ1n) is 6.58. The van der Waals surface area contributed by atoms with Gasteiger partial charge in [-0.2, -0.15) is 13.2 Å². The minimum Gasteiger partial charge on any atom is -0.399 e. The van der Waals surface area contributed by atoms with Gasteiger partial charge in [0, 0.05) is 17.4 Å². The van der Waals surface area contributed by atoms with E-state index >= 15 is 0 Å². The van der Waals surface area contributed by atoms with Crippen LogP contribution in [-0.2, 0) is 6.18 Å². The van der Waals surface area contributed by atoms with Crippen LogP contribution in [0.1, 0.15) is 45.1 Å². The number of alkyl halides is 3. The summed E-state index contributed by atoms with van der Waals surface area (Å²) in [5.74, 6) is 0. The first-order chi connectivity index (χ1) is 8.84. The molecule has 0 fully saturated rings. The maximum absolute atomic E-state index is 12.9. The van der Waals surface area contributed by atoms with E-state index in [-0.39, 0.29) is 17.4 Å². The van der Waals surface area contributed by atoms with Gasteiger partial charge < -0.3 is 11.1 Å². The Morgan fingerprint density at radius 3 is 2.53 bits per heavy atom. The Labute approximate surface area is 112 Å². The second kappa shape index (κ2) is 6.68. The number of nitrogens with two attached hydrogens (primary N) is 1. The van der Waals surface area contributed by atoms with Crippen molar-refractivity contribution in [2.24, 2.45) is 0 Å². The molecule has 1 aromatic rings. The van der Waals surface area contributed by atoms with Gasteiger partial charge in [0.25, 0.3) is 0 Å². The molecule has 0 saturated carbocycles. The summed E-state index contributed by atoms with van der Waals surface area (Å²) in [6, 6.07) is 3.86. The molecule has 1 rings (SSSR count). The number of benzene rings is 1. The van der Waals surface area contributed by atoms with Gasteiger partial charge in [-0.15, -0.1) is 0 Å². The van der Waals surface area contributed by atoms with E-state index in [1.165, 1.54) is 12.1 Å². The zero-order valence-corrected chi connectivity index (χ0v) is 11.3. The predicted molar refractivity (Wildman–Crippen MR) is 73.1 cm³/mol. The molecule has 0 heterocycles. The van der Waals surface area contributed by atoms with Gasteiger partial charge in [-0.25, -0.2) is 0 Å². The Morgan fingerprint density at radius 1 is 1.26 bits per heavy atom. The Kier molecular flexibility index (Phi) is 5.51. The van der Waals surface area contributed by atoms with Gasteiger partial charge in [0.15, 0.2) is 0 Å². The van der Waals surface area contributed by atoms with E-state index in [9.17, 15) is 13.2 Å². The average molecular weight is 274 g/mol. The predicted octanol–water partition coefficient (Wildman–Crippen LogP) is 4.67. The van der Waals surface area contributed by atoms with E-state index in [4.69, 9.17) is 5.73 Å². The molecule has 19 heavy (non-hydrogen) atoms. The third-order valence-electron chi connectivity index (χ3n) is 2.99. The Hall–Kier alpha value is -1.39. The molecule has 0 aliphatic rings. The lowest BCUT2D eigenvalue weighted by molar-refractivity contribution is -0.136. The van der Waals surface area contributed by atoms with Crippen molar-refractivity contribution in [1.82, 2.24) is 0 Å². The van der Waals surface area contributed by atoms with Crippen molar-refractivity contribution in [3.05, 3.63) is 23.8 Å². The van der Waals surface area contributed by atoms with Crippen molar-refractivity contribution in [1.29, 1.82) is 0 Å². The third kappa shape index (κ3) is 5.01. The quantitative estimate of drug-likeness (QED) is 0.584. The maximum Gasteiger partial charge on any atom is 0.418 e. The standard InChI is InChI=1S/C14H21F3N2/c1-3-4-5-6-10(2)19-13-8-7-11(18)9-12(13)14(15,16)17/h7-10,19H,3-6,18H2,1-2H3. The largest absolute Gasteiger partial charge is 0.418 e. The van der Waals surface area contributed by atoms with Crippen LogP contribution in [0.25, 0.3) is 0 Å². The molecule has 0 saturated heterocycles. The van der Waals surface area contributed by atoms with Gasteiger partial charge in [-0.05, 0) is 31.5 Å². The molecule has 0 aromatic heterocycles. The summed E-state index contributed by atoms with van der Waals surface area (Å²) in [4.78, 5) is 0. The molecular formula is C14H21F3N2. The number of hydrogen-bond acceptors (Lipinski definition) is 2. The van der Waals surface area contributed by atoms with E-state index in [2.05, 4.69) is 12.2 Å². The molecule has 3 N–H and O–H groups in total. The van der Waals surface area contributed by atoms with E-state index in [0.717, 1.165) is 31.7 Å². The van der Waals surface area contributed by atoms with E-state index in [1.54, 1.807) is 0 Å². The van der Waals surface area contributed by atoms with Crippen LogP contribution >= 0.6 is 0 Å². The second-order valence-corrected chi connectivity index (χ2v) is 4.84. The van der Waals surface area contributed by atoms with Crippen molar-refractivity contribution < 1.29 is 13.2 Å². The van der Waals surface area contributed by atoms with E-state index < -0.39 is 11.7 Å². The Morgan fingerprint density at radius 2 is 1.95 bits per heavy atom. The summed E-state index contributed by atoms with van der Waals surface area (Å²) in [5, 5.41) is 2.93. The lowest BCUT2D eigenvalue weighted by atomic mass is 10.1. The van der Waals surface area contributed by atoms with Crippen LogP contribution in [0.3, 0.4) is 0 Å². The van der Waals surface area contributed by atoms with Crippen molar-refractivity contribution in [2.75, 3.05) is 11.1 Å². The Bertz CT molecular complexity index is 402. The number of nitrogens with one attached hydrogen (secondary N) is 1. The molecule has 0 bridgehead atoms. The lowest BCUT2D eigenvalue weighted by Crippen LogP contribution is -2.19. The first-order valence-corrected chi connectivity index (χ1v) is 6.58. The fourth-order valence-electron chi connectivity index (χ4n) is 1.96. The number of anilines is 2. The van der Waals surface area contributed by atoms with Crippen LogP contribution in [0.4, 0.5) is 24.5 Å². The molecule has 2 nitrogen and oxygen atoms in total. The highest BCUT2D eigenvalue weighted by Gasteiger charge is 2.33. The molecule has 1 aromatic carbocycles. The Balaban J connectivity index is 2.77. The van der Waals surface area contributed by atoms with E-state index in [0.29, 0.717) is 0 Å². The molecule has 0 aliphatic heterocycles. The zero-order chi connectivity index (χ0) is 14.5. The third-order valence-corrected chi connectivity index (χ3v) is 2.99. The van der Waals surface area contributed by atoms with Gasteiger partial charge in [-0.1, -0.05) is 26.2 Å². The molecule has 108 valence electrons. The number of nitrogen functional groups attached to an aromatic ring is 1. The van der Waals surface area contributed by atoms with Crippen molar-refractivity contribution >= 4 is 11.4 Å². The number of unbranched alkanes of at least 4 members (excludes halogenated alkanes) is 2. The van der Waals surface area contributed by atoms with E-state index in [1.807, 2.05) is 6.92 Å². The fourth-order valence-corrected chi connectivity index (χ4v) is 1.96. The molecule has 1 unspecified atom stereocenters. The topological polar surface area (TPSA) is 38.0 Å². The van der Waals surface area contributed by atoms with Crippen LogP contribution in [0, 0.1) is 0 Å². The van der Waals surface area contributed by atoms with Gasteiger partial charge in [0.1, 0.15) is 0 Å². The number of hydrogen-bond donors (Lipinski definition) is 2. The van der Waals surface area contributed by atoms with Gasteiger partial charge >= 0.3 is 6.18 Å². The highest BCUT2D eigenvalue weighted by molar-refractivity contribution is 5.59. The molecule has 1 atom stereocenters. The van der Waals surface area contributed by atoms with Crippen LogP contribution in [0.15, 0.2) is 18.2 Å². The normalized spacial score (nSPS) is 13.3. The monoisotopic (exact) mass is 274 g/mol. The highest BCUT2D eigenvalue weighted by Crippen LogP contribution is 2.36. The molecule has 5 heteroatoms. The molecule has 0 spiro atoms. The summed E-state index contributed by atoms with van der Waals surface area (Å²) in [5.41, 5.74) is 4.95. The van der Waals surface area contributed by atoms with Crippen LogP contribution in [-0.4, -0.2) is 6.04 Å². The molecular weight excluding hydrogens is 253 g/mol. The lowest BCUT2D eigenvalue weighted by Gasteiger charge is -2.19. The van der Waals surface area contributed by atoms with Crippen LogP contribution in [0.5, 0.6) is 0 Å². The summed E-state index contributed by atoms with van der Waals surface area (Å²) in [7, 11) is 0. The summed E-state index contributed by atoms with van der Waals surface area (Å²) in [6.45, 7) is 3.99. The van der Waals surface area contributed by atoms with Crippen molar-refractivity contribution in [3.8, 4) is 0 Å². The second-order valence-electron chi connectivity index (χ2n) is 4.84.